The van der Waals surface area contributed by atoms with Crippen LogP contribution in [0.25, 0.3) is 10.9 Å². The highest BCUT2D eigenvalue weighted by atomic mass is 16.5. The van der Waals surface area contributed by atoms with Gasteiger partial charge in [0.25, 0.3) is 0 Å². The van der Waals surface area contributed by atoms with Gasteiger partial charge in [-0.1, -0.05) is 12.1 Å². The van der Waals surface area contributed by atoms with Gasteiger partial charge in [0.15, 0.2) is 5.78 Å². The molecule has 1 aromatic heterocycles. The highest BCUT2D eigenvalue weighted by Crippen LogP contribution is 2.24. The van der Waals surface area contributed by atoms with Crippen LogP contribution in [0.2, 0.25) is 0 Å². The molecule has 3 heteroatoms. The normalized spacial score (nSPS) is 10.6. The SMILES string of the molecule is COc1cc(C)ccc1C(=O)c1ccc2ncccc2c1. The Morgan fingerprint density at radius 3 is 2.76 bits per heavy atom. The largest absolute Gasteiger partial charge is 0.496 e. The van der Waals surface area contributed by atoms with Gasteiger partial charge in [0.1, 0.15) is 5.75 Å². The van der Waals surface area contributed by atoms with Crippen LogP contribution in [-0.2, 0) is 0 Å². The lowest BCUT2D eigenvalue weighted by Crippen LogP contribution is -2.04. The van der Waals surface area contributed by atoms with E-state index in [-0.39, 0.29) is 5.78 Å². The predicted octanol–water partition coefficient (Wildman–Crippen LogP) is 3.78. The molecule has 0 saturated heterocycles. The molecule has 0 aliphatic carbocycles. The Balaban J connectivity index is 2.08. The van der Waals surface area contributed by atoms with E-state index in [1.54, 1.807) is 19.4 Å². The molecule has 0 spiro atoms. The van der Waals surface area contributed by atoms with E-state index in [0.29, 0.717) is 16.9 Å². The molecule has 104 valence electrons. The molecule has 0 aliphatic rings. The number of aryl methyl sites for hydroxylation is 1. The second-order valence-electron chi connectivity index (χ2n) is 4.94. The molecule has 3 aromatic rings. The average Bonchev–Trinajstić information content (AvgIpc) is 2.53. The minimum absolute atomic E-state index is 0.0439. The van der Waals surface area contributed by atoms with Gasteiger partial charge in [-0.15, -0.1) is 0 Å². The van der Waals surface area contributed by atoms with Crippen molar-refractivity contribution >= 4 is 16.7 Å². The smallest absolute Gasteiger partial charge is 0.196 e. The van der Waals surface area contributed by atoms with E-state index in [2.05, 4.69) is 4.98 Å². The first-order valence-electron chi connectivity index (χ1n) is 6.73. The maximum absolute atomic E-state index is 12.7. The summed E-state index contributed by atoms with van der Waals surface area (Å²) in [6, 6.07) is 14.9. The third-order valence-electron chi connectivity index (χ3n) is 3.47. The molecule has 0 radical (unpaired) electrons. The molecule has 0 atom stereocenters. The van der Waals surface area contributed by atoms with Crippen LogP contribution < -0.4 is 4.74 Å². The molecule has 21 heavy (non-hydrogen) atoms. The first kappa shape index (κ1) is 13.3. The van der Waals surface area contributed by atoms with E-state index in [1.807, 2.05) is 49.4 Å². The quantitative estimate of drug-likeness (QED) is 0.684. The van der Waals surface area contributed by atoms with Gasteiger partial charge >= 0.3 is 0 Å². The number of ether oxygens (including phenoxy) is 1. The monoisotopic (exact) mass is 277 g/mol. The van der Waals surface area contributed by atoms with Crippen LogP contribution in [-0.4, -0.2) is 17.9 Å². The Labute approximate surface area is 123 Å². The summed E-state index contributed by atoms with van der Waals surface area (Å²) in [5, 5.41) is 0.953. The Morgan fingerprint density at radius 2 is 1.95 bits per heavy atom. The number of benzene rings is 2. The van der Waals surface area contributed by atoms with Crippen molar-refractivity contribution in [1.29, 1.82) is 0 Å². The zero-order valence-corrected chi connectivity index (χ0v) is 12.0. The summed E-state index contributed by atoms with van der Waals surface area (Å²) in [5.74, 6) is 0.559. The van der Waals surface area contributed by atoms with Gasteiger partial charge < -0.3 is 4.74 Å². The number of aromatic nitrogens is 1. The van der Waals surface area contributed by atoms with Gasteiger partial charge in [-0.05, 0) is 48.9 Å². The fraction of sp³-hybridized carbons (Fsp3) is 0.111. The van der Waals surface area contributed by atoms with Crippen molar-refractivity contribution in [2.75, 3.05) is 7.11 Å². The third-order valence-corrected chi connectivity index (χ3v) is 3.47. The first-order chi connectivity index (χ1) is 10.2. The highest BCUT2D eigenvalue weighted by Gasteiger charge is 2.15. The summed E-state index contributed by atoms with van der Waals surface area (Å²) in [7, 11) is 1.58. The number of methoxy groups -OCH3 is 1. The average molecular weight is 277 g/mol. The number of hydrogen-bond donors (Lipinski definition) is 0. The molecule has 3 nitrogen and oxygen atoms in total. The third kappa shape index (κ3) is 2.50. The van der Waals surface area contributed by atoms with Gasteiger partial charge in [0.05, 0.1) is 18.2 Å². The van der Waals surface area contributed by atoms with E-state index in [0.717, 1.165) is 16.5 Å². The Bertz CT molecular complexity index is 824. The Hall–Kier alpha value is -2.68. The summed E-state index contributed by atoms with van der Waals surface area (Å²) < 4.78 is 5.32. The molecule has 0 amide bonds. The Kier molecular flexibility index (Phi) is 3.40. The highest BCUT2D eigenvalue weighted by molar-refractivity contribution is 6.12. The molecule has 3 rings (SSSR count). The molecule has 0 N–H and O–H groups in total. The van der Waals surface area contributed by atoms with Crippen LogP contribution in [0.4, 0.5) is 0 Å². The molecule has 2 aromatic carbocycles. The van der Waals surface area contributed by atoms with E-state index in [1.165, 1.54) is 0 Å². The van der Waals surface area contributed by atoms with E-state index < -0.39 is 0 Å². The van der Waals surface area contributed by atoms with Gasteiger partial charge in [-0.3, -0.25) is 9.78 Å². The number of hydrogen-bond acceptors (Lipinski definition) is 3. The minimum atomic E-state index is -0.0439. The maximum Gasteiger partial charge on any atom is 0.196 e. The molecule has 1 heterocycles. The van der Waals surface area contributed by atoms with E-state index in [4.69, 9.17) is 4.74 Å². The molecule has 0 saturated carbocycles. The van der Waals surface area contributed by atoms with Gasteiger partial charge in [-0.25, -0.2) is 0 Å². The topological polar surface area (TPSA) is 39.2 Å². The van der Waals surface area contributed by atoms with Crippen LogP contribution >= 0.6 is 0 Å². The summed E-state index contributed by atoms with van der Waals surface area (Å²) >= 11 is 0. The molecule has 0 unspecified atom stereocenters. The van der Waals surface area contributed by atoms with Gasteiger partial charge in [0, 0.05) is 17.1 Å². The summed E-state index contributed by atoms with van der Waals surface area (Å²) in [4.78, 5) is 16.9. The number of pyridine rings is 1. The maximum atomic E-state index is 12.7. The van der Waals surface area contributed by atoms with Crippen molar-refractivity contribution < 1.29 is 9.53 Å². The van der Waals surface area contributed by atoms with Crippen molar-refractivity contribution in [2.24, 2.45) is 0 Å². The zero-order chi connectivity index (χ0) is 14.8. The number of fused-ring (bicyclic) bond motifs is 1. The fourth-order valence-electron chi connectivity index (χ4n) is 2.36. The van der Waals surface area contributed by atoms with Crippen LogP contribution in [0, 0.1) is 6.92 Å². The molecule has 0 fully saturated rings. The summed E-state index contributed by atoms with van der Waals surface area (Å²) in [6.45, 7) is 1.97. The first-order valence-corrected chi connectivity index (χ1v) is 6.73. The number of ketones is 1. The second-order valence-corrected chi connectivity index (χ2v) is 4.94. The van der Waals surface area contributed by atoms with Crippen LogP contribution in [0.1, 0.15) is 21.5 Å². The predicted molar refractivity (Wildman–Crippen MR) is 82.9 cm³/mol. The molecule has 0 aliphatic heterocycles. The van der Waals surface area contributed by atoms with E-state index >= 15 is 0 Å². The van der Waals surface area contributed by atoms with Crippen molar-refractivity contribution in [3.63, 3.8) is 0 Å². The lowest BCUT2D eigenvalue weighted by molar-refractivity contribution is 0.103. The minimum Gasteiger partial charge on any atom is -0.496 e. The fourth-order valence-corrected chi connectivity index (χ4v) is 2.36. The summed E-state index contributed by atoms with van der Waals surface area (Å²) in [6.07, 6.45) is 1.74. The Morgan fingerprint density at radius 1 is 1.10 bits per heavy atom. The van der Waals surface area contributed by atoms with Gasteiger partial charge in [0.2, 0.25) is 0 Å². The van der Waals surface area contributed by atoms with Crippen molar-refractivity contribution in [3.8, 4) is 5.75 Å². The number of carbonyl (C=O) groups is 1. The molecular formula is C18H15NO2. The van der Waals surface area contributed by atoms with Crippen molar-refractivity contribution in [3.05, 3.63) is 71.4 Å². The van der Waals surface area contributed by atoms with Crippen LogP contribution in [0.5, 0.6) is 5.75 Å². The molecule has 0 bridgehead atoms. The lowest BCUT2D eigenvalue weighted by Gasteiger charge is -2.09. The zero-order valence-electron chi connectivity index (χ0n) is 12.0. The molecular weight excluding hydrogens is 262 g/mol. The van der Waals surface area contributed by atoms with Crippen LogP contribution in [0.15, 0.2) is 54.7 Å². The van der Waals surface area contributed by atoms with E-state index in [9.17, 15) is 4.79 Å². The lowest BCUT2D eigenvalue weighted by atomic mass is 9.99. The second kappa shape index (κ2) is 5.37. The van der Waals surface area contributed by atoms with Crippen molar-refractivity contribution in [2.45, 2.75) is 6.92 Å². The standard InChI is InChI=1S/C18H15NO2/c1-12-5-7-15(17(10-12)21-2)18(20)14-6-8-16-13(11-14)4-3-9-19-16/h3-11H,1-2H3. The number of rotatable bonds is 3. The van der Waals surface area contributed by atoms with Gasteiger partial charge in [-0.2, -0.15) is 0 Å². The van der Waals surface area contributed by atoms with Crippen LogP contribution in [0.3, 0.4) is 0 Å². The number of nitrogens with zero attached hydrogens (tertiary/aromatic N) is 1. The number of carbonyl (C=O) groups excluding carboxylic acids is 1. The van der Waals surface area contributed by atoms with Crippen molar-refractivity contribution in [1.82, 2.24) is 4.98 Å². The summed E-state index contributed by atoms with van der Waals surface area (Å²) in [5.41, 5.74) is 3.15.